The Labute approximate surface area is 149 Å². The van der Waals surface area contributed by atoms with Crippen LogP contribution < -0.4 is 4.23 Å². The Bertz CT molecular complexity index is 662. The average Bonchev–Trinajstić information content (AvgIpc) is 2.78. The van der Waals surface area contributed by atoms with Crippen LogP contribution in [0.1, 0.15) is 41.5 Å². The minimum absolute atomic E-state index is 0.225. The summed E-state index contributed by atoms with van der Waals surface area (Å²) in [5.41, 5.74) is 1.84. The molecule has 0 aliphatic carbocycles. The summed E-state index contributed by atoms with van der Waals surface area (Å²) in [6.07, 6.45) is 0. The number of hydrogen-bond acceptors (Lipinski definition) is 3. The zero-order valence-electron chi connectivity index (χ0n) is 17.1. The molecule has 0 radical (unpaired) electrons. The van der Waals surface area contributed by atoms with Gasteiger partial charge in [-0.05, 0) is 22.2 Å². The lowest BCUT2D eigenvalue weighted by atomic mass is 10.2. The SMILES string of the molecule is CC(C)(C)[Si](C)(C)N(c1nc2ccccc2o1)[Si](C)(C)C(C)(C)C. The lowest BCUT2D eigenvalue weighted by Crippen LogP contribution is -2.69. The maximum absolute atomic E-state index is 6.28. The van der Waals surface area contributed by atoms with Gasteiger partial charge in [-0.25, -0.2) is 0 Å². The van der Waals surface area contributed by atoms with Crippen LogP contribution in [-0.2, 0) is 0 Å². The second-order valence-electron chi connectivity index (χ2n) is 9.92. The number of oxazole rings is 1. The van der Waals surface area contributed by atoms with Crippen molar-refractivity contribution in [3.63, 3.8) is 0 Å². The molecule has 1 heterocycles. The molecule has 0 saturated carbocycles. The van der Waals surface area contributed by atoms with Crippen molar-refractivity contribution in [2.75, 3.05) is 4.23 Å². The summed E-state index contributed by atoms with van der Waals surface area (Å²) in [5.74, 6) is 0. The molecular formula is C19H34N2OSi2. The van der Waals surface area contributed by atoms with E-state index in [2.05, 4.69) is 72.0 Å². The van der Waals surface area contributed by atoms with Crippen molar-refractivity contribution in [1.29, 1.82) is 0 Å². The van der Waals surface area contributed by atoms with Crippen LogP contribution in [0.2, 0.25) is 36.3 Å². The Morgan fingerprint density at radius 2 is 1.29 bits per heavy atom. The lowest BCUT2D eigenvalue weighted by molar-refractivity contribution is 0.599. The number of nitrogens with zero attached hydrogens (tertiary/aromatic N) is 2. The third-order valence-electron chi connectivity index (χ3n) is 6.26. The summed E-state index contributed by atoms with van der Waals surface area (Å²) in [6, 6.07) is 8.92. The van der Waals surface area contributed by atoms with Crippen molar-refractivity contribution in [2.24, 2.45) is 0 Å². The summed E-state index contributed by atoms with van der Waals surface area (Å²) >= 11 is 0. The fourth-order valence-electron chi connectivity index (χ4n) is 2.80. The van der Waals surface area contributed by atoms with Crippen molar-refractivity contribution < 1.29 is 4.42 Å². The van der Waals surface area contributed by atoms with E-state index in [1.54, 1.807) is 0 Å². The van der Waals surface area contributed by atoms with Crippen LogP contribution in [0, 0.1) is 0 Å². The monoisotopic (exact) mass is 362 g/mol. The Morgan fingerprint density at radius 3 is 1.71 bits per heavy atom. The number of fused-ring (bicyclic) bond motifs is 1. The molecule has 0 N–H and O–H groups in total. The zero-order valence-corrected chi connectivity index (χ0v) is 19.1. The molecule has 0 aliphatic rings. The number of anilines is 1. The Kier molecular flexibility index (Phi) is 4.60. The average molecular weight is 363 g/mol. The predicted octanol–water partition coefficient (Wildman–Crippen LogP) is 6.64. The molecule has 0 amide bonds. The number of hydrogen-bond donors (Lipinski definition) is 0. The van der Waals surface area contributed by atoms with Gasteiger partial charge in [-0.3, -0.25) is 0 Å². The third kappa shape index (κ3) is 3.08. The van der Waals surface area contributed by atoms with Gasteiger partial charge in [0.2, 0.25) is 0 Å². The van der Waals surface area contributed by atoms with E-state index in [1.807, 2.05) is 24.3 Å². The quantitative estimate of drug-likeness (QED) is 0.573. The first-order valence-corrected chi connectivity index (χ1v) is 14.7. The van der Waals surface area contributed by atoms with Crippen LogP contribution in [0.3, 0.4) is 0 Å². The van der Waals surface area contributed by atoms with Gasteiger partial charge in [0.15, 0.2) is 22.1 Å². The van der Waals surface area contributed by atoms with Crippen LogP contribution in [0.25, 0.3) is 11.1 Å². The number of benzene rings is 1. The zero-order chi connectivity index (χ0) is 18.6. The van der Waals surface area contributed by atoms with E-state index in [1.165, 1.54) is 0 Å². The highest BCUT2D eigenvalue weighted by Crippen LogP contribution is 2.49. The predicted molar refractivity (Wildman–Crippen MR) is 111 cm³/mol. The summed E-state index contributed by atoms with van der Waals surface area (Å²) < 4.78 is 8.94. The highest BCUT2D eigenvalue weighted by molar-refractivity contribution is 7.02. The summed E-state index contributed by atoms with van der Waals surface area (Å²) in [4.78, 5) is 4.90. The topological polar surface area (TPSA) is 29.3 Å². The fraction of sp³-hybridized carbons (Fsp3) is 0.632. The number of rotatable bonds is 3. The molecule has 24 heavy (non-hydrogen) atoms. The number of para-hydroxylation sites is 2. The second-order valence-corrected chi connectivity index (χ2v) is 20.5. The molecule has 0 fully saturated rings. The smallest absolute Gasteiger partial charge is 0.281 e. The van der Waals surface area contributed by atoms with Crippen molar-refractivity contribution in [3.05, 3.63) is 24.3 Å². The van der Waals surface area contributed by atoms with Crippen LogP contribution >= 0.6 is 0 Å². The standard InChI is InChI=1S/C19H34N2OSi2/c1-18(2,3)23(7,8)21(24(9,10)19(4,5)6)17-20-15-13-11-12-14-16(15)22-17/h11-14H,1-10H3. The highest BCUT2D eigenvalue weighted by Gasteiger charge is 2.53. The van der Waals surface area contributed by atoms with Gasteiger partial charge in [0.25, 0.3) is 6.01 Å². The molecule has 3 nitrogen and oxygen atoms in total. The molecule has 0 unspecified atom stereocenters. The molecule has 134 valence electrons. The minimum atomic E-state index is -1.84. The van der Waals surface area contributed by atoms with E-state index in [0.717, 1.165) is 17.1 Å². The summed E-state index contributed by atoms with van der Waals surface area (Å²) in [6.45, 7) is 24.0. The van der Waals surface area contributed by atoms with Crippen molar-refractivity contribution in [2.45, 2.75) is 77.8 Å². The molecule has 1 aromatic heterocycles. The normalized spacial score (nSPS) is 14.2. The first kappa shape index (κ1) is 19.3. The third-order valence-corrected chi connectivity index (χ3v) is 19.6. The van der Waals surface area contributed by atoms with Crippen molar-refractivity contribution in [3.8, 4) is 0 Å². The van der Waals surface area contributed by atoms with Gasteiger partial charge < -0.3 is 8.65 Å². The van der Waals surface area contributed by atoms with Gasteiger partial charge in [-0.15, -0.1) is 0 Å². The lowest BCUT2D eigenvalue weighted by Gasteiger charge is -2.56. The van der Waals surface area contributed by atoms with E-state index >= 15 is 0 Å². The van der Waals surface area contributed by atoms with Gasteiger partial charge in [0.1, 0.15) is 5.52 Å². The van der Waals surface area contributed by atoms with E-state index in [-0.39, 0.29) is 10.1 Å². The van der Waals surface area contributed by atoms with Gasteiger partial charge >= 0.3 is 0 Å². The molecule has 2 aromatic rings. The first-order valence-electron chi connectivity index (χ1n) is 8.85. The van der Waals surface area contributed by atoms with Crippen LogP contribution in [0.4, 0.5) is 6.01 Å². The molecule has 0 aliphatic heterocycles. The molecule has 0 saturated heterocycles. The molecule has 0 atom stereocenters. The molecule has 5 heteroatoms. The van der Waals surface area contributed by atoms with Crippen LogP contribution in [0.5, 0.6) is 0 Å². The Hall–Kier alpha value is -1.08. The maximum atomic E-state index is 6.28. The molecule has 0 spiro atoms. The van der Waals surface area contributed by atoms with Crippen molar-refractivity contribution in [1.82, 2.24) is 4.98 Å². The highest BCUT2D eigenvalue weighted by atomic mass is 28.4. The second kappa shape index (κ2) is 5.73. The molecule has 1 aromatic carbocycles. The Morgan fingerprint density at radius 1 is 0.833 bits per heavy atom. The first-order chi connectivity index (χ1) is 10.7. The maximum Gasteiger partial charge on any atom is 0.281 e. The van der Waals surface area contributed by atoms with Crippen LogP contribution in [0.15, 0.2) is 28.7 Å². The Balaban J connectivity index is 2.72. The van der Waals surface area contributed by atoms with E-state index < -0.39 is 16.5 Å². The van der Waals surface area contributed by atoms with Gasteiger partial charge in [0, 0.05) is 0 Å². The van der Waals surface area contributed by atoms with E-state index in [0.29, 0.717) is 0 Å². The van der Waals surface area contributed by atoms with E-state index in [4.69, 9.17) is 9.40 Å². The van der Waals surface area contributed by atoms with Gasteiger partial charge in [-0.2, -0.15) is 4.98 Å². The van der Waals surface area contributed by atoms with Gasteiger partial charge in [-0.1, -0.05) is 79.9 Å². The summed E-state index contributed by atoms with van der Waals surface area (Å²) in [5, 5.41) is 0.451. The largest absolute Gasteiger partial charge is 0.425 e. The van der Waals surface area contributed by atoms with Gasteiger partial charge in [0.05, 0.1) is 0 Å². The number of aromatic nitrogens is 1. The van der Waals surface area contributed by atoms with E-state index in [9.17, 15) is 0 Å². The minimum Gasteiger partial charge on any atom is -0.425 e. The van der Waals surface area contributed by atoms with Crippen LogP contribution in [-0.4, -0.2) is 21.5 Å². The fourth-order valence-corrected chi connectivity index (χ4v) is 12.9. The summed E-state index contributed by atoms with van der Waals surface area (Å²) in [7, 11) is -3.69. The van der Waals surface area contributed by atoms with Crippen molar-refractivity contribution >= 4 is 33.6 Å². The molecular weight excluding hydrogens is 328 g/mol. The molecule has 0 bridgehead atoms. The molecule has 2 rings (SSSR count).